The number of hydrogen-bond acceptors (Lipinski definition) is 5. The quantitative estimate of drug-likeness (QED) is 0.852. The lowest BCUT2D eigenvalue weighted by Crippen LogP contribution is -2.14. The second-order valence-electron chi connectivity index (χ2n) is 4.28. The molecule has 1 aromatic heterocycles. The summed E-state index contributed by atoms with van der Waals surface area (Å²) in [6.07, 6.45) is 1.36. The van der Waals surface area contributed by atoms with Crippen molar-refractivity contribution in [3.8, 4) is 0 Å². The van der Waals surface area contributed by atoms with Crippen LogP contribution in [-0.4, -0.2) is 13.4 Å². The van der Waals surface area contributed by atoms with Crippen LogP contribution >= 0.6 is 11.3 Å². The molecule has 3 N–H and O–H groups in total. The van der Waals surface area contributed by atoms with E-state index in [1.54, 1.807) is 26.0 Å². The Bertz CT molecular complexity index is 721. The Kier molecular flexibility index (Phi) is 3.51. The summed E-state index contributed by atoms with van der Waals surface area (Å²) >= 11 is 1.14. The minimum Gasteiger partial charge on any atom is -0.398 e. The summed E-state index contributed by atoms with van der Waals surface area (Å²) in [5, 5.41) is 0.710. The van der Waals surface area contributed by atoms with Crippen LogP contribution in [0.3, 0.4) is 0 Å². The van der Waals surface area contributed by atoms with Gasteiger partial charge < -0.3 is 5.73 Å². The third kappa shape index (κ3) is 2.71. The molecular weight excluding hydrogens is 282 g/mol. The van der Waals surface area contributed by atoms with Gasteiger partial charge >= 0.3 is 0 Å². The molecular formula is C12H15N3O2S2. The van der Waals surface area contributed by atoms with Crippen molar-refractivity contribution in [2.24, 2.45) is 0 Å². The molecule has 0 aliphatic carbocycles. The average Bonchev–Trinajstić information content (AvgIpc) is 2.77. The maximum atomic E-state index is 12.2. The highest BCUT2D eigenvalue weighted by Gasteiger charge is 2.19. The van der Waals surface area contributed by atoms with Gasteiger partial charge in [-0.2, -0.15) is 0 Å². The van der Waals surface area contributed by atoms with Gasteiger partial charge in [-0.05, 0) is 38.0 Å². The van der Waals surface area contributed by atoms with Gasteiger partial charge in [0.1, 0.15) is 0 Å². The number of rotatable bonds is 3. The van der Waals surface area contributed by atoms with Crippen LogP contribution < -0.4 is 10.5 Å². The lowest BCUT2D eigenvalue weighted by atomic mass is 10.1. The van der Waals surface area contributed by atoms with E-state index in [1.165, 1.54) is 6.20 Å². The highest BCUT2D eigenvalue weighted by Crippen LogP contribution is 2.28. The number of nitrogens with one attached hydrogen (secondary N) is 1. The molecule has 2 rings (SSSR count). The van der Waals surface area contributed by atoms with Crippen LogP contribution in [0, 0.1) is 20.8 Å². The van der Waals surface area contributed by atoms with Crippen LogP contribution in [0.1, 0.15) is 16.1 Å². The minimum atomic E-state index is -3.60. The molecule has 0 atom stereocenters. The molecule has 2 aromatic rings. The maximum absolute atomic E-state index is 12.2. The molecule has 0 radical (unpaired) electrons. The first-order valence-electron chi connectivity index (χ1n) is 5.62. The summed E-state index contributed by atoms with van der Waals surface area (Å²) in [5.41, 5.74) is 8.46. The predicted octanol–water partition coefficient (Wildman–Crippen LogP) is 2.45. The summed E-state index contributed by atoms with van der Waals surface area (Å²) in [6.45, 7) is 5.39. The van der Waals surface area contributed by atoms with E-state index in [9.17, 15) is 8.42 Å². The van der Waals surface area contributed by atoms with E-state index in [0.29, 0.717) is 16.4 Å². The normalized spacial score (nSPS) is 11.5. The number of nitrogen functional groups attached to an aromatic ring is 1. The molecule has 1 aromatic carbocycles. The van der Waals surface area contributed by atoms with Crippen LogP contribution in [-0.2, 0) is 10.0 Å². The molecule has 0 spiro atoms. The van der Waals surface area contributed by atoms with Gasteiger partial charge in [-0.1, -0.05) is 6.07 Å². The third-order valence-corrected chi connectivity index (χ3v) is 5.54. The second kappa shape index (κ2) is 4.82. The van der Waals surface area contributed by atoms with Gasteiger partial charge in [-0.15, -0.1) is 11.3 Å². The number of hydrogen-bond donors (Lipinski definition) is 2. The Hall–Kier alpha value is -1.60. The topological polar surface area (TPSA) is 85.1 Å². The van der Waals surface area contributed by atoms with Crippen molar-refractivity contribution in [2.45, 2.75) is 25.0 Å². The number of anilines is 2. The van der Waals surface area contributed by atoms with Crippen LogP contribution in [0.2, 0.25) is 0 Å². The first-order chi connectivity index (χ1) is 8.81. The Morgan fingerprint density at radius 3 is 2.53 bits per heavy atom. The number of nitrogens with two attached hydrogens (primary N) is 1. The van der Waals surface area contributed by atoms with Crippen molar-refractivity contribution in [1.82, 2.24) is 4.98 Å². The van der Waals surface area contributed by atoms with E-state index >= 15 is 0 Å². The summed E-state index contributed by atoms with van der Waals surface area (Å²) < 4.78 is 27.3. The van der Waals surface area contributed by atoms with Crippen molar-refractivity contribution in [3.05, 3.63) is 34.5 Å². The zero-order valence-corrected chi connectivity index (χ0v) is 12.5. The Morgan fingerprint density at radius 1 is 1.26 bits per heavy atom. The van der Waals surface area contributed by atoms with E-state index < -0.39 is 10.0 Å². The van der Waals surface area contributed by atoms with Crippen LogP contribution in [0.5, 0.6) is 0 Å². The van der Waals surface area contributed by atoms with Crippen LogP contribution in [0.4, 0.5) is 11.4 Å². The fraction of sp³-hybridized carbons (Fsp3) is 0.250. The number of nitrogens with zero attached hydrogens (tertiary/aromatic N) is 1. The Morgan fingerprint density at radius 2 is 1.95 bits per heavy atom. The van der Waals surface area contributed by atoms with Crippen molar-refractivity contribution in [1.29, 1.82) is 0 Å². The SMILES string of the molecule is Cc1ncc(S(=O)(=O)Nc2c(C)ccc(N)c2C)s1. The summed E-state index contributed by atoms with van der Waals surface area (Å²) in [7, 11) is -3.60. The lowest BCUT2D eigenvalue weighted by molar-refractivity contribution is 0.603. The van der Waals surface area contributed by atoms with Crippen LogP contribution in [0.25, 0.3) is 0 Å². The second-order valence-corrected chi connectivity index (χ2v) is 7.42. The molecule has 0 unspecified atom stereocenters. The highest BCUT2D eigenvalue weighted by atomic mass is 32.2. The van der Waals surface area contributed by atoms with Gasteiger partial charge in [0.05, 0.1) is 16.9 Å². The number of aryl methyl sites for hydroxylation is 2. The molecule has 0 aliphatic rings. The van der Waals surface area contributed by atoms with E-state index in [0.717, 1.165) is 22.5 Å². The van der Waals surface area contributed by atoms with Crippen molar-refractivity contribution in [3.63, 3.8) is 0 Å². The average molecular weight is 297 g/mol. The van der Waals surface area contributed by atoms with Gasteiger partial charge in [-0.25, -0.2) is 13.4 Å². The van der Waals surface area contributed by atoms with Gasteiger partial charge in [0, 0.05) is 5.69 Å². The van der Waals surface area contributed by atoms with E-state index in [2.05, 4.69) is 9.71 Å². The van der Waals surface area contributed by atoms with Gasteiger partial charge in [0.15, 0.2) is 4.21 Å². The molecule has 0 fully saturated rings. The van der Waals surface area contributed by atoms with Crippen molar-refractivity contribution < 1.29 is 8.42 Å². The monoisotopic (exact) mass is 297 g/mol. The largest absolute Gasteiger partial charge is 0.398 e. The van der Waals surface area contributed by atoms with E-state index in [-0.39, 0.29) is 4.21 Å². The third-order valence-electron chi connectivity index (χ3n) is 2.82. The first kappa shape index (κ1) is 13.8. The first-order valence-corrected chi connectivity index (χ1v) is 7.92. The molecule has 102 valence electrons. The summed E-state index contributed by atoms with van der Waals surface area (Å²) in [6, 6.07) is 3.55. The Balaban J connectivity index is 2.44. The molecule has 0 saturated carbocycles. The fourth-order valence-corrected chi connectivity index (χ4v) is 3.97. The molecule has 19 heavy (non-hydrogen) atoms. The molecule has 0 bridgehead atoms. The number of aromatic nitrogens is 1. The number of thiazole rings is 1. The highest BCUT2D eigenvalue weighted by molar-refractivity contribution is 7.94. The van der Waals surface area contributed by atoms with Crippen molar-refractivity contribution >= 4 is 32.7 Å². The zero-order valence-electron chi connectivity index (χ0n) is 10.9. The molecule has 7 heteroatoms. The van der Waals surface area contributed by atoms with Gasteiger partial charge in [0.25, 0.3) is 10.0 Å². The standard InChI is InChI=1S/C12H15N3O2S2/c1-7-4-5-10(13)8(2)12(7)15-19(16,17)11-6-14-9(3)18-11/h4-6,15H,13H2,1-3H3. The van der Waals surface area contributed by atoms with Gasteiger partial charge in [-0.3, -0.25) is 4.72 Å². The van der Waals surface area contributed by atoms with E-state index in [4.69, 9.17) is 5.73 Å². The lowest BCUT2D eigenvalue weighted by Gasteiger charge is -2.13. The number of sulfonamides is 1. The molecule has 1 heterocycles. The van der Waals surface area contributed by atoms with Crippen LogP contribution in [0.15, 0.2) is 22.5 Å². The fourth-order valence-electron chi connectivity index (χ4n) is 1.67. The summed E-state index contributed by atoms with van der Waals surface area (Å²) in [5.74, 6) is 0. The maximum Gasteiger partial charge on any atom is 0.273 e. The Labute approximate surface area is 116 Å². The van der Waals surface area contributed by atoms with E-state index in [1.807, 2.05) is 6.92 Å². The zero-order chi connectivity index (χ0) is 14.2. The number of benzene rings is 1. The molecule has 5 nitrogen and oxygen atoms in total. The minimum absolute atomic E-state index is 0.200. The smallest absolute Gasteiger partial charge is 0.273 e. The van der Waals surface area contributed by atoms with Gasteiger partial charge in [0.2, 0.25) is 0 Å². The molecule has 0 aliphatic heterocycles. The van der Waals surface area contributed by atoms with Crippen molar-refractivity contribution in [2.75, 3.05) is 10.5 Å². The summed E-state index contributed by atoms with van der Waals surface area (Å²) in [4.78, 5) is 3.96. The molecule has 0 amide bonds. The molecule has 0 saturated heterocycles. The predicted molar refractivity (Wildman–Crippen MR) is 78.0 cm³/mol.